The summed E-state index contributed by atoms with van der Waals surface area (Å²) in [6.07, 6.45) is 2.36. The van der Waals surface area contributed by atoms with Crippen LogP contribution in [0, 0.1) is 0 Å². The minimum absolute atomic E-state index is 0.0486. The molecule has 0 N–H and O–H groups in total. The van der Waals surface area contributed by atoms with Gasteiger partial charge in [0, 0.05) is 13.1 Å². The number of benzene rings is 1. The van der Waals surface area contributed by atoms with Gasteiger partial charge in [-0.05, 0) is 64.2 Å². The second-order valence-electron chi connectivity index (χ2n) is 10.4. The summed E-state index contributed by atoms with van der Waals surface area (Å²) in [4.78, 5) is 53.1. The Morgan fingerprint density at radius 1 is 1.11 bits per heavy atom. The molecule has 1 aromatic heterocycles. The van der Waals surface area contributed by atoms with Crippen molar-refractivity contribution in [3.8, 4) is 11.5 Å². The van der Waals surface area contributed by atoms with Crippen LogP contribution in [0.4, 0.5) is 4.79 Å². The molecule has 11 heteroatoms. The maximum atomic E-state index is 13.6. The highest BCUT2D eigenvalue weighted by atomic mass is 16.7. The van der Waals surface area contributed by atoms with Gasteiger partial charge >= 0.3 is 17.5 Å². The average Bonchev–Trinajstić information content (AvgIpc) is 3.37. The van der Waals surface area contributed by atoms with E-state index in [-0.39, 0.29) is 19.4 Å². The Hall–Kier alpha value is -3.50. The lowest BCUT2D eigenvalue weighted by molar-refractivity contribution is -0.113. The second kappa shape index (κ2) is 8.31. The number of piperidine rings is 1. The molecule has 0 saturated carbocycles. The zero-order valence-electron chi connectivity index (χ0n) is 20.2. The summed E-state index contributed by atoms with van der Waals surface area (Å²) < 4.78 is 20.2. The molecular formula is C24H30N4O7. The van der Waals surface area contributed by atoms with Crippen LogP contribution in [0.1, 0.15) is 58.1 Å². The molecule has 188 valence electrons. The summed E-state index contributed by atoms with van der Waals surface area (Å²) in [5.74, 6) is 1.18. The Balaban J connectivity index is 1.47. The number of ether oxygens (including phenoxy) is 3. The Kier molecular flexibility index (Phi) is 5.52. The van der Waals surface area contributed by atoms with E-state index >= 15 is 0 Å². The van der Waals surface area contributed by atoms with Crippen molar-refractivity contribution < 1.29 is 23.8 Å². The quantitative estimate of drug-likeness (QED) is 0.608. The molecule has 35 heavy (non-hydrogen) atoms. The summed E-state index contributed by atoms with van der Waals surface area (Å²) in [6, 6.07) is 4.58. The Morgan fingerprint density at radius 3 is 2.51 bits per heavy atom. The smallest absolute Gasteiger partial charge is 0.410 e. The van der Waals surface area contributed by atoms with E-state index in [2.05, 4.69) is 0 Å². The lowest BCUT2D eigenvalue weighted by Gasteiger charge is -2.46. The van der Waals surface area contributed by atoms with Crippen molar-refractivity contribution in [2.24, 2.45) is 0 Å². The minimum Gasteiger partial charge on any atom is -0.454 e. The van der Waals surface area contributed by atoms with E-state index in [0.717, 1.165) is 6.29 Å². The van der Waals surface area contributed by atoms with Crippen molar-refractivity contribution in [2.75, 3.05) is 19.9 Å². The van der Waals surface area contributed by atoms with Crippen molar-refractivity contribution in [3.63, 3.8) is 0 Å². The fraction of sp³-hybridized carbons (Fsp3) is 0.583. The fourth-order valence-corrected chi connectivity index (χ4v) is 5.24. The summed E-state index contributed by atoms with van der Waals surface area (Å²) in [5, 5.41) is 0. The number of rotatable bonds is 3. The molecule has 1 fully saturated rings. The number of carbonyl (C=O) groups is 2. The van der Waals surface area contributed by atoms with Gasteiger partial charge in [-0.15, -0.1) is 0 Å². The van der Waals surface area contributed by atoms with Gasteiger partial charge in [-0.2, -0.15) is 0 Å². The Labute approximate surface area is 201 Å². The number of fused-ring (bicyclic) bond motifs is 3. The van der Waals surface area contributed by atoms with E-state index in [1.165, 1.54) is 13.9 Å². The Bertz CT molecular complexity index is 1270. The van der Waals surface area contributed by atoms with Gasteiger partial charge in [-0.1, -0.05) is 6.07 Å². The molecule has 1 amide bonds. The molecule has 0 aliphatic carbocycles. The summed E-state index contributed by atoms with van der Waals surface area (Å²) in [5.41, 5.74) is -1.50. The van der Waals surface area contributed by atoms with Gasteiger partial charge in [0.1, 0.15) is 17.9 Å². The van der Waals surface area contributed by atoms with Crippen molar-refractivity contribution in [2.45, 2.75) is 70.2 Å². The molecule has 0 bridgehead atoms. The maximum absolute atomic E-state index is 13.6. The summed E-state index contributed by atoms with van der Waals surface area (Å²) in [7, 11) is 0. The van der Waals surface area contributed by atoms with Gasteiger partial charge in [0.2, 0.25) is 6.79 Å². The number of carbonyl (C=O) groups excluding carboxylic acids is 2. The third-order valence-electron chi connectivity index (χ3n) is 7.00. The standard InChI is InChI=1S/C24H30N4O7/c1-23(2,3)35-22(32)25-10-8-24(9-11-25)7-6-17(14-29)27-20(30)26(21(31)28(24)27)13-16-4-5-18-19(12-16)34-15-33-18/h4-5,12,14,17H,6-11,13,15H2,1-3H3. The van der Waals surface area contributed by atoms with E-state index < -0.39 is 28.6 Å². The predicted octanol–water partition coefficient (Wildman–Crippen LogP) is 1.85. The fourth-order valence-electron chi connectivity index (χ4n) is 5.24. The molecule has 1 unspecified atom stereocenters. The zero-order valence-corrected chi connectivity index (χ0v) is 20.2. The van der Waals surface area contributed by atoms with Crippen LogP contribution in [-0.4, -0.2) is 56.7 Å². The first-order chi connectivity index (χ1) is 16.6. The molecule has 1 atom stereocenters. The van der Waals surface area contributed by atoms with Crippen molar-refractivity contribution in [1.29, 1.82) is 0 Å². The van der Waals surface area contributed by atoms with E-state index in [1.54, 1.807) is 23.1 Å². The van der Waals surface area contributed by atoms with Crippen LogP contribution in [0.25, 0.3) is 0 Å². The molecule has 3 aliphatic heterocycles. The van der Waals surface area contributed by atoms with Crippen LogP contribution in [0.5, 0.6) is 11.5 Å². The van der Waals surface area contributed by atoms with E-state index in [9.17, 15) is 19.2 Å². The third kappa shape index (κ3) is 4.02. The summed E-state index contributed by atoms with van der Waals surface area (Å²) in [6.45, 7) is 6.43. The van der Waals surface area contributed by atoms with Gasteiger partial charge in [0.05, 0.1) is 12.1 Å². The molecular weight excluding hydrogens is 456 g/mol. The number of nitrogens with zero attached hydrogens (tertiary/aromatic N) is 4. The third-order valence-corrected chi connectivity index (χ3v) is 7.00. The number of aldehydes is 1. The highest BCUT2D eigenvalue weighted by Gasteiger charge is 2.46. The number of amides is 1. The largest absolute Gasteiger partial charge is 0.454 e. The van der Waals surface area contributed by atoms with Crippen molar-refractivity contribution in [3.05, 3.63) is 44.7 Å². The normalized spacial score (nSPS) is 20.5. The average molecular weight is 487 g/mol. The molecule has 1 spiro atoms. The molecule has 11 nitrogen and oxygen atoms in total. The molecule has 1 aromatic carbocycles. The van der Waals surface area contributed by atoms with E-state index in [0.29, 0.717) is 55.8 Å². The first-order valence-electron chi connectivity index (χ1n) is 11.9. The first kappa shape index (κ1) is 23.3. The molecule has 0 radical (unpaired) electrons. The highest BCUT2D eigenvalue weighted by molar-refractivity contribution is 5.68. The molecule has 3 aliphatic rings. The van der Waals surface area contributed by atoms with Crippen molar-refractivity contribution in [1.82, 2.24) is 18.8 Å². The van der Waals surface area contributed by atoms with Gasteiger partial charge in [-0.3, -0.25) is 0 Å². The van der Waals surface area contributed by atoms with Crippen LogP contribution in [0.15, 0.2) is 27.8 Å². The van der Waals surface area contributed by atoms with Crippen LogP contribution in [-0.2, 0) is 21.6 Å². The number of hydrogen-bond donors (Lipinski definition) is 0. The van der Waals surface area contributed by atoms with Gasteiger partial charge in [-0.25, -0.2) is 28.3 Å². The summed E-state index contributed by atoms with van der Waals surface area (Å²) >= 11 is 0. The van der Waals surface area contributed by atoms with Crippen LogP contribution in [0.3, 0.4) is 0 Å². The number of likely N-dealkylation sites (tertiary alicyclic amines) is 1. The SMILES string of the molecule is CC(C)(C)OC(=O)N1CCC2(CCC(C=O)n3c(=O)n(Cc4ccc5c(c4)OCO5)c(=O)n32)CC1. The second-order valence-corrected chi connectivity index (χ2v) is 10.4. The van der Waals surface area contributed by atoms with Crippen LogP contribution < -0.4 is 20.9 Å². The van der Waals surface area contributed by atoms with E-state index in [4.69, 9.17) is 14.2 Å². The van der Waals surface area contributed by atoms with Gasteiger partial charge < -0.3 is 23.9 Å². The highest BCUT2D eigenvalue weighted by Crippen LogP contribution is 2.39. The van der Waals surface area contributed by atoms with Crippen molar-refractivity contribution >= 4 is 12.4 Å². The van der Waals surface area contributed by atoms with Crippen LogP contribution in [0.2, 0.25) is 0 Å². The van der Waals surface area contributed by atoms with E-state index in [1.807, 2.05) is 20.8 Å². The predicted molar refractivity (Wildman–Crippen MR) is 124 cm³/mol. The maximum Gasteiger partial charge on any atom is 0.410 e. The molecule has 5 rings (SSSR count). The van der Waals surface area contributed by atoms with Gasteiger partial charge in [0.15, 0.2) is 11.5 Å². The number of aromatic nitrogens is 3. The molecule has 1 saturated heterocycles. The zero-order chi connectivity index (χ0) is 25.0. The minimum atomic E-state index is -0.706. The van der Waals surface area contributed by atoms with Gasteiger partial charge in [0.25, 0.3) is 0 Å². The number of hydrogen-bond acceptors (Lipinski definition) is 7. The molecule has 4 heterocycles. The first-order valence-corrected chi connectivity index (χ1v) is 11.9. The molecule has 2 aromatic rings. The lowest BCUT2D eigenvalue weighted by Crippen LogP contribution is -2.56. The monoisotopic (exact) mass is 486 g/mol. The van der Waals surface area contributed by atoms with Crippen LogP contribution >= 0.6 is 0 Å². The Morgan fingerprint density at radius 2 is 1.83 bits per heavy atom. The lowest BCUT2D eigenvalue weighted by atomic mass is 9.81. The topological polar surface area (TPSA) is 114 Å².